The SMILES string of the molecule is O=C(CN(c1ccccc1)S(=O)(=O)c1ccc(Cl)cc1)N/N=C\c1cccc(Cl)c1. The smallest absolute Gasteiger partial charge is 0.264 e. The highest BCUT2D eigenvalue weighted by atomic mass is 35.5. The van der Waals surface area contributed by atoms with Crippen molar-refractivity contribution in [1.82, 2.24) is 5.43 Å². The molecule has 0 aliphatic heterocycles. The predicted octanol–water partition coefficient (Wildman–Crippen LogP) is 4.34. The van der Waals surface area contributed by atoms with Crippen molar-refractivity contribution < 1.29 is 13.2 Å². The highest BCUT2D eigenvalue weighted by molar-refractivity contribution is 7.92. The summed E-state index contributed by atoms with van der Waals surface area (Å²) in [5, 5.41) is 4.82. The second kappa shape index (κ2) is 9.75. The van der Waals surface area contributed by atoms with E-state index in [0.29, 0.717) is 21.3 Å². The molecule has 6 nitrogen and oxygen atoms in total. The number of sulfonamides is 1. The van der Waals surface area contributed by atoms with Crippen molar-refractivity contribution in [2.45, 2.75) is 4.90 Å². The van der Waals surface area contributed by atoms with Gasteiger partial charge in [-0.25, -0.2) is 13.8 Å². The van der Waals surface area contributed by atoms with Gasteiger partial charge in [0.2, 0.25) is 0 Å². The topological polar surface area (TPSA) is 78.8 Å². The van der Waals surface area contributed by atoms with Gasteiger partial charge in [0.25, 0.3) is 15.9 Å². The van der Waals surface area contributed by atoms with Gasteiger partial charge in [-0.05, 0) is 54.1 Å². The molecule has 0 radical (unpaired) electrons. The van der Waals surface area contributed by atoms with Gasteiger partial charge < -0.3 is 0 Å². The number of para-hydroxylation sites is 1. The van der Waals surface area contributed by atoms with Crippen LogP contribution in [0, 0.1) is 0 Å². The van der Waals surface area contributed by atoms with E-state index in [4.69, 9.17) is 23.2 Å². The summed E-state index contributed by atoms with van der Waals surface area (Å²) in [6.07, 6.45) is 1.42. The van der Waals surface area contributed by atoms with Gasteiger partial charge in [0, 0.05) is 10.0 Å². The Balaban J connectivity index is 1.81. The third kappa shape index (κ3) is 5.60. The van der Waals surface area contributed by atoms with E-state index >= 15 is 0 Å². The van der Waals surface area contributed by atoms with Crippen LogP contribution in [0.1, 0.15) is 5.56 Å². The molecule has 30 heavy (non-hydrogen) atoms. The summed E-state index contributed by atoms with van der Waals surface area (Å²) in [6.45, 7) is -0.456. The maximum absolute atomic E-state index is 13.2. The Morgan fingerprint density at radius 2 is 1.63 bits per heavy atom. The van der Waals surface area contributed by atoms with E-state index in [1.54, 1.807) is 54.6 Å². The highest BCUT2D eigenvalue weighted by Crippen LogP contribution is 2.24. The van der Waals surface area contributed by atoms with E-state index in [9.17, 15) is 13.2 Å². The molecule has 9 heteroatoms. The number of hydrogen-bond acceptors (Lipinski definition) is 4. The van der Waals surface area contributed by atoms with E-state index in [-0.39, 0.29) is 4.90 Å². The van der Waals surface area contributed by atoms with Crippen molar-refractivity contribution in [3.8, 4) is 0 Å². The number of carbonyl (C=O) groups is 1. The van der Waals surface area contributed by atoms with Gasteiger partial charge in [0.1, 0.15) is 6.54 Å². The van der Waals surface area contributed by atoms with Gasteiger partial charge in [-0.1, -0.05) is 53.5 Å². The molecule has 1 N–H and O–H groups in total. The van der Waals surface area contributed by atoms with Crippen LogP contribution in [0.15, 0.2) is 88.9 Å². The summed E-state index contributed by atoms with van der Waals surface area (Å²) < 4.78 is 27.3. The number of halogens is 2. The van der Waals surface area contributed by atoms with E-state index in [1.807, 2.05) is 0 Å². The largest absolute Gasteiger partial charge is 0.271 e. The number of hydrazone groups is 1. The average molecular weight is 462 g/mol. The Hall–Kier alpha value is -2.87. The Bertz CT molecular complexity index is 1150. The van der Waals surface area contributed by atoms with Crippen LogP contribution in [0.3, 0.4) is 0 Å². The molecule has 0 unspecified atom stereocenters. The lowest BCUT2D eigenvalue weighted by molar-refractivity contribution is -0.119. The number of anilines is 1. The third-order valence-corrected chi connectivity index (χ3v) is 6.26. The van der Waals surface area contributed by atoms with Crippen LogP contribution in [0.4, 0.5) is 5.69 Å². The molecule has 0 bridgehead atoms. The van der Waals surface area contributed by atoms with Crippen LogP contribution < -0.4 is 9.73 Å². The maximum Gasteiger partial charge on any atom is 0.264 e. The molecule has 0 spiro atoms. The number of amides is 1. The first-order chi connectivity index (χ1) is 14.4. The number of nitrogens with zero attached hydrogens (tertiary/aromatic N) is 2. The van der Waals surface area contributed by atoms with Crippen LogP contribution in [0.5, 0.6) is 0 Å². The molecular formula is C21H17Cl2N3O3S. The van der Waals surface area contributed by atoms with Gasteiger partial charge >= 0.3 is 0 Å². The second-order valence-electron chi connectivity index (χ2n) is 6.15. The number of benzene rings is 3. The molecule has 154 valence electrons. The molecule has 3 rings (SSSR count). The summed E-state index contributed by atoms with van der Waals surface area (Å²) in [4.78, 5) is 12.5. The van der Waals surface area contributed by atoms with Crippen LogP contribution in [0.2, 0.25) is 10.0 Å². The Labute approximate surface area is 184 Å². The minimum absolute atomic E-state index is 0.0194. The van der Waals surface area contributed by atoms with Crippen molar-refractivity contribution in [2.75, 3.05) is 10.8 Å². The number of carbonyl (C=O) groups excluding carboxylic acids is 1. The predicted molar refractivity (Wildman–Crippen MR) is 120 cm³/mol. The van der Waals surface area contributed by atoms with Crippen LogP contribution >= 0.6 is 23.2 Å². The lowest BCUT2D eigenvalue weighted by atomic mass is 10.2. The summed E-state index contributed by atoms with van der Waals surface area (Å²) in [5.41, 5.74) is 3.38. The van der Waals surface area contributed by atoms with Gasteiger partial charge in [-0.15, -0.1) is 0 Å². The summed E-state index contributed by atoms with van der Waals surface area (Å²) >= 11 is 11.8. The molecule has 0 saturated carbocycles. The fraction of sp³-hybridized carbons (Fsp3) is 0.0476. The molecule has 0 atom stereocenters. The molecule has 0 saturated heterocycles. The molecule has 0 aliphatic carbocycles. The standard InChI is InChI=1S/C21H17Cl2N3O3S/c22-17-9-11-20(12-10-17)30(28,29)26(19-7-2-1-3-8-19)15-21(27)25-24-14-16-5-4-6-18(23)13-16/h1-14H,15H2,(H,25,27)/b24-14-. The second-order valence-corrected chi connectivity index (χ2v) is 8.88. The lowest BCUT2D eigenvalue weighted by Crippen LogP contribution is -2.39. The van der Waals surface area contributed by atoms with E-state index < -0.39 is 22.5 Å². The molecule has 0 heterocycles. The lowest BCUT2D eigenvalue weighted by Gasteiger charge is -2.23. The zero-order valence-corrected chi connectivity index (χ0v) is 17.9. The zero-order chi connectivity index (χ0) is 21.6. The number of nitrogens with one attached hydrogen (secondary N) is 1. The van der Waals surface area contributed by atoms with Gasteiger partial charge in [0.15, 0.2) is 0 Å². The Kier molecular flexibility index (Phi) is 7.10. The Morgan fingerprint density at radius 3 is 2.30 bits per heavy atom. The summed E-state index contributed by atoms with van der Waals surface area (Å²) in [6, 6.07) is 21.0. The van der Waals surface area contributed by atoms with Crippen molar-refractivity contribution >= 4 is 51.0 Å². The van der Waals surface area contributed by atoms with Crippen molar-refractivity contribution in [3.05, 3.63) is 94.5 Å². The fourth-order valence-corrected chi connectivity index (χ4v) is 4.32. The van der Waals surface area contributed by atoms with E-state index in [0.717, 1.165) is 4.31 Å². The Morgan fingerprint density at radius 1 is 0.933 bits per heavy atom. The third-order valence-electron chi connectivity index (χ3n) is 3.98. The molecule has 0 fully saturated rings. The fourth-order valence-electron chi connectivity index (χ4n) is 2.57. The number of hydrogen-bond donors (Lipinski definition) is 1. The molecule has 0 aliphatic rings. The minimum Gasteiger partial charge on any atom is -0.271 e. The quantitative estimate of drug-likeness (QED) is 0.419. The van der Waals surface area contributed by atoms with Gasteiger partial charge in [0.05, 0.1) is 16.8 Å². The first-order valence-corrected chi connectivity index (χ1v) is 11.0. The van der Waals surface area contributed by atoms with Crippen LogP contribution in [0.25, 0.3) is 0 Å². The molecule has 3 aromatic carbocycles. The van der Waals surface area contributed by atoms with E-state index in [1.165, 1.54) is 30.5 Å². The maximum atomic E-state index is 13.2. The molecule has 0 aromatic heterocycles. The minimum atomic E-state index is -4.00. The zero-order valence-electron chi connectivity index (χ0n) is 15.6. The van der Waals surface area contributed by atoms with Gasteiger partial charge in [-0.3, -0.25) is 9.10 Å². The van der Waals surface area contributed by atoms with Gasteiger partial charge in [-0.2, -0.15) is 5.10 Å². The molecule has 3 aromatic rings. The van der Waals surface area contributed by atoms with Crippen molar-refractivity contribution in [2.24, 2.45) is 5.10 Å². The van der Waals surface area contributed by atoms with E-state index in [2.05, 4.69) is 10.5 Å². The normalized spacial score (nSPS) is 11.4. The van der Waals surface area contributed by atoms with Crippen LogP contribution in [-0.4, -0.2) is 27.1 Å². The first kappa shape index (κ1) is 21.8. The average Bonchev–Trinajstić information content (AvgIpc) is 2.73. The van der Waals surface area contributed by atoms with Crippen molar-refractivity contribution in [3.63, 3.8) is 0 Å². The summed E-state index contributed by atoms with van der Waals surface area (Å²) in [7, 11) is -4.00. The van der Waals surface area contributed by atoms with Crippen molar-refractivity contribution in [1.29, 1.82) is 0 Å². The molecule has 1 amide bonds. The monoisotopic (exact) mass is 461 g/mol. The highest BCUT2D eigenvalue weighted by Gasteiger charge is 2.27. The summed E-state index contributed by atoms with van der Waals surface area (Å²) in [5.74, 6) is -0.602. The first-order valence-electron chi connectivity index (χ1n) is 8.77. The number of rotatable bonds is 7. The molecular weight excluding hydrogens is 445 g/mol. The van der Waals surface area contributed by atoms with Crippen LogP contribution in [-0.2, 0) is 14.8 Å².